The lowest BCUT2D eigenvalue weighted by atomic mass is 9.73. The SMILES string of the molecule is CCCCC1CN(CC2CCC(O)CC2)C(=O)OC12CCN(C1(C)CCN(C(=O)C3C(C)CCN[C@H]3C)CC1)CC2. The number of carbonyl (C=O) groups is 2. The summed E-state index contributed by atoms with van der Waals surface area (Å²) in [4.78, 5) is 33.6. The van der Waals surface area contributed by atoms with E-state index in [0.29, 0.717) is 23.7 Å². The van der Waals surface area contributed by atoms with Gasteiger partial charge < -0.3 is 25.0 Å². The molecule has 5 aliphatic rings. The second kappa shape index (κ2) is 13.1. The van der Waals surface area contributed by atoms with E-state index in [9.17, 15) is 14.7 Å². The zero-order chi connectivity index (χ0) is 29.2. The quantitative estimate of drug-likeness (QED) is 0.461. The molecule has 5 rings (SSSR count). The molecule has 0 radical (unpaired) electrons. The molecule has 1 spiro atoms. The molecule has 8 nitrogen and oxygen atoms in total. The number of amides is 2. The van der Waals surface area contributed by atoms with Crippen LogP contribution >= 0.6 is 0 Å². The van der Waals surface area contributed by atoms with Crippen LogP contribution in [0.25, 0.3) is 0 Å². The number of hydrogen-bond acceptors (Lipinski definition) is 6. The summed E-state index contributed by atoms with van der Waals surface area (Å²) >= 11 is 0. The van der Waals surface area contributed by atoms with E-state index in [2.05, 4.69) is 42.8 Å². The van der Waals surface area contributed by atoms with Crippen molar-refractivity contribution >= 4 is 12.0 Å². The molecule has 5 fully saturated rings. The molecule has 4 heterocycles. The second-order valence-electron chi connectivity index (χ2n) is 14.7. The Balaban J connectivity index is 1.17. The van der Waals surface area contributed by atoms with Gasteiger partial charge in [0.25, 0.3) is 0 Å². The summed E-state index contributed by atoms with van der Waals surface area (Å²) in [6.07, 6.45) is 11.8. The average molecular weight is 575 g/mol. The van der Waals surface area contributed by atoms with Gasteiger partial charge in [-0.2, -0.15) is 0 Å². The lowest BCUT2D eigenvalue weighted by Crippen LogP contribution is -2.64. The van der Waals surface area contributed by atoms with Crippen LogP contribution in [0, 0.1) is 23.7 Å². The van der Waals surface area contributed by atoms with E-state index in [1.807, 2.05) is 4.90 Å². The normalized spacial score (nSPS) is 36.3. The van der Waals surface area contributed by atoms with Crippen LogP contribution in [-0.2, 0) is 9.53 Å². The molecule has 4 aliphatic heterocycles. The molecule has 2 N–H and O–H groups in total. The fourth-order valence-corrected chi connectivity index (χ4v) is 8.89. The van der Waals surface area contributed by atoms with Gasteiger partial charge in [-0.25, -0.2) is 4.79 Å². The number of piperidine rings is 3. The number of ether oxygens (including phenoxy) is 1. The molecule has 0 bridgehead atoms. The number of carbonyl (C=O) groups excluding carboxylic acids is 2. The van der Waals surface area contributed by atoms with E-state index in [1.165, 1.54) is 6.42 Å². The van der Waals surface area contributed by atoms with Gasteiger partial charge in [0.05, 0.1) is 12.0 Å². The minimum absolute atomic E-state index is 0.0910. The van der Waals surface area contributed by atoms with Gasteiger partial charge in [-0.05, 0) is 83.6 Å². The number of aliphatic hydroxyl groups is 1. The highest BCUT2D eigenvalue weighted by Crippen LogP contribution is 2.44. The molecule has 0 aromatic carbocycles. The number of nitrogens with zero attached hydrogens (tertiary/aromatic N) is 3. The van der Waals surface area contributed by atoms with Gasteiger partial charge in [0.1, 0.15) is 5.60 Å². The van der Waals surface area contributed by atoms with Crippen LogP contribution in [0.15, 0.2) is 0 Å². The molecule has 1 saturated carbocycles. The zero-order valence-electron chi connectivity index (χ0n) is 26.4. The molecular weight excluding hydrogens is 516 g/mol. The zero-order valence-corrected chi connectivity index (χ0v) is 26.4. The maximum atomic E-state index is 13.5. The number of unbranched alkanes of at least 4 members (excludes halogenated alkanes) is 1. The first-order valence-electron chi connectivity index (χ1n) is 17.1. The Bertz CT molecular complexity index is 880. The molecule has 0 aromatic heterocycles. The number of nitrogens with one attached hydrogen (secondary N) is 1. The highest BCUT2D eigenvalue weighted by atomic mass is 16.6. The first-order chi connectivity index (χ1) is 19.6. The average Bonchev–Trinajstić information content (AvgIpc) is 2.95. The molecule has 1 aliphatic carbocycles. The minimum atomic E-state index is -0.338. The van der Waals surface area contributed by atoms with Crippen molar-refractivity contribution in [2.45, 2.75) is 128 Å². The molecule has 234 valence electrons. The number of rotatable bonds is 7. The van der Waals surface area contributed by atoms with Crippen molar-refractivity contribution in [2.24, 2.45) is 23.7 Å². The standard InChI is InChI=1S/C33H58N4O4/c1-5-6-7-27-23-36(22-26-8-10-28(38)11-9-26)31(40)41-33(27)15-20-37(21-16-33)32(4)13-18-35(19-14-32)30(39)29-24(2)12-17-34-25(29)3/h24-29,34,38H,5-23H2,1-4H3/t24?,25-,26?,27?,28?,29?/m0/s1. The highest BCUT2D eigenvalue weighted by molar-refractivity contribution is 5.80. The molecule has 4 atom stereocenters. The summed E-state index contributed by atoms with van der Waals surface area (Å²) in [6.45, 7) is 15.3. The summed E-state index contributed by atoms with van der Waals surface area (Å²) in [7, 11) is 0. The lowest BCUT2D eigenvalue weighted by Gasteiger charge is -2.55. The first-order valence-corrected chi connectivity index (χ1v) is 17.1. The minimum Gasteiger partial charge on any atom is -0.442 e. The third kappa shape index (κ3) is 6.75. The topological polar surface area (TPSA) is 85.3 Å². The lowest BCUT2D eigenvalue weighted by molar-refractivity contribution is -0.145. The van der Waals surface area contributed by atoms with Gasteiger partial charge in [-0.15, -0.1) is 0 Å². The molecule has 0 aromatic rings. The Morgan fingerprint density at radius 1 is 1.02 bits per heavy atom. The molecule has 4 saturated heterocycles. The van der Waals surface area contributed by atoms with Gasteiger partial charge in [-0.3, -0.25) is 9.69 Å². The van der Waals surface area contributed by atoms with E-state index in [1.54, 1.807) is 0 Å². The molecule has 2 amide bonds. The monoisotopic (exact) mass is 574 g/mol. The fourth-order valence-electron chi connectivity index (χ4n) is 8.89. The van der Waals surface area contributed by atoms with E-state index in [-0.39, 0.29) is 35.3 Å². The van der Waals surface area contributed by atoms with E-state index in [4.69, 9.17) is 4.74 Å². The number of hydrogen-bond donors (Lipinski definition) is 2. The predicted octanol–water partition coefficient (Wildman–Crippen LogP) is 4.65. The van der Waals surface area contributed by atoms with Crippen LogP contribution in [0.5, 0.6) is 0 Å². The van der Waals surface area contributed by atoms with Crippen molar-refractivity contribution in [1.29, 1.82) is 0 Å². The first kappa shape index (κ1) is 31.1. The van der Waals surface area contributed by atoms with Crippen LogP contribution in [-0.4, -0.2) is 101 Å². The Hall–Kier alpha value is -1.38. The molecule has 3 unspecified atom stereocenters. The van der Waals surface area contributed by atoms with Crippen LogP contribution in [0.1, 0.15) is 105 Å². The van der Waals surface area contributed by atoms with Crippen LogP contribution in [0.4, 0.5) is 4.79 Å². The number of likely N-dealkylation sites (tertiary alicyclic amines) is 2. The summed E-state index contributed by atoms with van der Waals surface area (Å²) < 4.78 is 6.46. The smallest absolute Gasteiger partial charge is 0.410 e. The van der Waals surface area contributed by atoms with Gasteiger partial charge in [-0.1, -0.05) is 26.7 Å². The number of aliphatic hydroxyl groups excluding tert-OH is 1. The van der Waals surface area contributed by atoms with E-state index >= 15 is 0 Å². The summed E-state index contributed by atoms with van der Waals surface area (Å²) in [5.74, 6) is 1.74. The van der Waals surface area contributed by atoms with Gasteiger partial charge in [0, 0.05) is 69.6 Å². The summed E-state index contributed by atoms with van der Waals surface area (Å²) in [5, 5.41) is 13.4. The third-order valence-electron chi connectivity index (χ3n) is 12.0. The Morgan fingerprint density at radius 2 is 1.71 bits per heavy atom. The predicted molar refractivity (Wildman–Crippen MR) is 162 cm³/mol. The van der Waals surface area contributed by atoms with Gasteiger partial charge >= 0.3 is 6.09 Å². The van der Waals surface area contributed by atoms with Crippen molar-refractivity contribution < 1.29 is 19.4 Å². The van der Waals surface area contributed by atoms with Crippen molar-refractivity contribution in [3.63, 3.8) is 0 Å². The van der Waals surface area contributed by atoms with Crippen LogP contribution < -0.4 is 5.32 Å². The van der Waals surface area contributed by atoms with Crippen LogP contribution in [0.3, 0.4) is 0 Å². The maximum absolute atomic E-state index is 13.5. The van der Waals surface area contributed by atoms with Gasteiger partial charge in [0.15, 0.2) is 0 Å². The third-order valence-corrected chi connectivity index (χ3v) is 12.0. The van der Waals surface area contributed by atoms with E-state index < -0.39 is 0 Å². The van der Waals surface area contributed by atoms with Crippen molar-refractivity contribution in [3.8, 4) is 0 Å². The molecule has 8 heteroatoms. The Kier molecular flexibility index (Phi) is 9.92. The molecular formula is C33H58N4O4. The van der Waals surface area contributed by atoms with Crippen molar-refractivity contribution in [2.75, 3.05) is 45.8 Å². The highest BCUT2D eigenvalue weighted by Gasteiger charge is 2.52. The van der Waals surface area contributed by atoms with E-state index in [0.717, 1.165) is 116 Å². The van der Waals surface area contributed by atoms with Crippen molar-refractivity contribution in [3.05, 3.63) is 0 Å². The fraction of sp³-hybridized carbons (Fsp3) is 0.939. The van der Waals surface area contributed by atoms with Crippen molar-refractivity contribution in [1.82, 2.24) is 20.0 Å². The molecule has 41 heavy (non-hydrogen) atoms. The Morgan fingerprint density at radius 3 is 2.34 bits per heavy atom. The maximum Gasteiger partial charge on any atom is 0.410 e. The summed E-state index contributed by atoms with van der Waals surface area (Å²) in [5.41, 5.74) is -0.245. The Labute approximate surface area is 248 Å². The van der Waals surface area contributed by atoms with Crippen LogP contribution in [0.2, 0.25) is 0 Å². The summed E-state index contributed by atoms with van der Waals surface area (Å²) in [6, 6.07) is 0.253. The largest absolute Gasteiger partial charge is 0.442 e. The second-order valence-corrected chi connectivity index (χ2v) is 14.7. The van der Waals surface area contributed by atoms with Gasteiger partial charge in [0.2, 0.25) is 5.91 Å².